The van der Waals surface area contributed by atoms with Crippen LogP contribution in [0.1, 0.15) is 46.3 Å². The summed E-state index contributed by atoms with van der Waals surface area (Å²) >= 11 is 6.38. The normalized spacial score (nSPS) is 15.7. The van der Waals surface area contributed by atoms with Crippen molar-refractivity contribution in [3.8, 4) is 11.4 Å². The summed E-state index contributed by atoms with van der Waals surface area (Å²) in [5.74, 6) is 0.905. The van der Waals surface area contributed by atoms with E-state index in [1.54, 1.807) is 10.6 Å². The molecule has 6 nitrogen and oxygen atoms in total. The SMILES string of the molecule is O=C(c1oc2nc(-c3ccccc3Cl)nn2c1Cc1ccccc1)N1CCCC1c1ccccc1. The molecule has 3 heterocycles. The molecule has 35 heavy (non-hydrogen) atoms. The lowest BCUT2D eigenvalue weighted by Gasteiger charge is -2.24. The van der Waals surface area contributed by atoms with Crippen molar-refractivity contribution in [2.24, 2.45) is 0 Å². The summed E-state index contributed by atoms with van der Waals surface area (Å²) in [5.41, 5.74) is 3.59. The van der Waals surface area contributed by atoms with Crippen molar-refractivity contribution in [1.82, 2.24) is 19.5 Å². The lowest BCUT2D eigenvalue weighted by molar-refractivity contribution is 0.0704. The average molecular weight is 483 g/mol. The van der Waals surface area contributed by atoms with Crippen molar-refractivity contribution < 1.29 is 9.21 Å². The molecule has 0 radical (unpaired) electrons. The highest BCUT2D eigenvalue weighted by Gasteiger charge is 2.35. The lowest BCUT2D eigenvalue weighted by atomic mass is 10.0. The number of aromatic nitrogens is 3. The van der Waals surface area contributed by atoms with Gasteiger partial charge in [-0.15, -0.1) is 5.10 Å². The Bertz CT molecular complexity index is 1490. The summed E-state index contributed by atoms with van der Waals surface area (Å²) in [6.07, 6.45) is 2.37. The molecule has 1 saturated heterocycles. The Kier molecular flexibility index (Phi) is 5.58. The molecular weight excluding hydrogens is 460 g/mol. The first-order chi connectivity index (χ1) is 17.2. The molecule has 6 rings (SSSR count). The number of halogens is 1. The number of hydrogen-bond acceptors (Lipinski definition) is 4. The molecule has 0 saturated carbocycles. The maximum atomic E-state index is 13.9. The Hall–Kier alpha value is -3.90. The van der Waals surface area contributed by atoms with Gasteiger partial charge in [-0.2, -0.15) is 9.50 Å². The fourth-order valence-electron chi connectivity index (χ4n) is 4.82. The van der Waals surface area contributed by atoms with Gasteiger partial charge in [-0.1, -0.05) is 84.4 Å². The maximum absolute atomic E-state index is 13.9. The zero-order valence-electron chi connectivity index (χ0n) is 19.0. The number of nitrogens with zero attached hydrogens (tertiary/aromatic N) is 4. The van der Waals surface area contributed by atoms with Crippen LogP contribution >= 0.6 is 11.6 Å². The van der Waals surface area contributed by atoms with Crippen LogP contribution in [-0.4, -0.2) is 31.9 Å². The first-order valence-electron chi connectivity index (χ1n) is 11.7. The second-order valence-electron chi connectivity index (χ2n) is 8.72. The second-order valence-corrected chi connectivity index (χ2v) is 9.12. The molecule has 0 spiro atoms. The van der Waals surface area contributed by atoms with Gasteiger partial charge in [0.05, 0.1) is 11.1 Å². The summed E-state index contributed by atoms with van der Waals surface area (Å²) in [6, 6.07) is 27.6. The molecule has 1 aliphatic heterocycles. The van der Waals surface area contributed by atoms with Crippen LogP contribution < -0.4 is 0 Å². The Labute approximate surface area is 207 Å². The Morgan fingerprint density at radius 2 is 1.69 bits per heavy atom. The van der Waals surface area contributed by atoms with E-state index in [-0.39, 0.29) is 23.6 Å². The van der Waals surface area contributed by atoms with Crippen LogP contribution in [0.2, 0.25) is 5.02 Å². The molecule has 2 aromatic heterocycles. The van der Waals surface area contributed by atoms with Crippen LogP contribution in [-0.2, 0) is 6.42 Å². The van der Waals surface area contributed by atoms with Crippen molar-refractivity contribution in [2.75, 3.05) is 6.54 Å². The number of fused-ring (bicyclic) bond motifs is 1. The van der Waals surface area contributed by atoms with Crippen molar-refractivity contribution in [3.63, 3.8) is 0 Å². The molecule has 0 bridgehead atoms. The molecule has 1 fully saturated rings. The molecular formula is C28H23ClN4O2. The van der Waals surface area contributed by atoms with Gasteiger partial charge in [-0.25, -0.2) is 0 Å². The zero-order valence-corrected chi connectivity index (χ0v) is 19.7. The third-order valence-corrected chi connectivity index (χ3v) is 6.84. The van der Waals surface area contributed by atoms with E-state index < -0.39 is 0 Å². The molecule has 1 atom stereocenters. The summed E-state index contributed by atoms with van der Waals surface area (Å²) in [6.45, 7) is 0.685. The third kappa shape index (κ3) is 4.00. The first-order valence-corrected chi connectivity index (χ1v) is 12.1. The fourth-order valence-corrected chi connectivity index (χ4v) is 5.04. The first kappa shape index (κ1) is 21.6. The number of carbonyl (C=O) groups excluding carboxylic acids is 1. The number of hydrogen-bond donors (Lipinski definition) is 0. The summed E-state index contributed by atoms with van der Waals surface area (Å²) in [7, 11) is 0. The van der Waals surface area contributed by atoms with Gasteiger partial charge in [-0.05, 0) is 36.1 Å². The van der Waals surface area contributed by atoms with E-state index in [0.717, 1.165) is 29.5 Å². The minimum Gasteiger partial charge on any atom is -0.416 e. The summed E-state index contributed by atoms with van der Waals surface area (Å²) in [4.78, 5) is 20.4. The van der Waals surface area contributed by atoms with Crippen LogP contribution in [0.5, 0.6) is 0 Å². The van der Waals surface area contributed by atoms with E-state index in [2.05, 4.69) is 17.1 Å². The van der Waals surface area contributed by atoms with Gasteiger partial charge in [0.15, 0.2) is 5.82 Å². The highest BCUT2D eigenvalue weighted by molar-refractivity contribution is 6.33. The average Bonchev–Trinajstić information content (AvgIpc) is 3.61. The second kappa shape index (κ2) is 9.04. The third-order valence-electron chi connectivity index (χ3n) is 6.51. The molecule has 1 aliphatic rings. The van der Waals surface area contributed by atoms with Crippen LogP contribution in [0.25, 0.3) is 17.2 Å². The lowest BCUT2D eigenvalue weighted by Crippen LogP contribution is -2.31. The number of amides is 1. The largest absolute Gasteiger partial charge is 0.416 e. The van der Waals surface area contributed by atoms with Gasteiger partial charge >= 0.3 is 5.84 Å². The van der Waals surface area contributed by atoms with E-state index in [1.165, 1.54) is 0 Å². The van der Waals surface area contributed by atoms with E-state index in [4.69, 9.17) is 21.1 Å². The highest BCUT2D eigenvalue weighted by Crippen LogP contribution is 2.35. The van der Waals surface area contributed by atoms with Gasteiger partial charge < -0.3 is 9.32 Å². The molecule has 5 aromatic rings. The van der Waals surface area contributed by atoms with Crippen LogP contribution in [0.15, 0.2) is 89.3 Å². The number of benzene rings is 3. The standard InChI is InChI=1S/C28H23ClN4O2/c29-22-15-8-7-14-21(22)26-30-28-33(31-26)24(18-19-10-3-1-4-11-19)25(35-28)27(34)32-17-9-16-23(32)20-12-5-2-6-13-20/h1-8,10-15,23H,9,16-18H2. The quantitative estimate of drug-likeness (QED) is 0.298. The molecule has 174 valence electrons. The molecule has 1 unspecified atom stereocenters. The fraction of sp³-hybridized carbons (Fsp3) is 0.179. The number of likely N-dealkylation sites (tertiary alicyclic amines) is 1. The Morgan fingerprint density at radius 3 is 2.46 bits per heavy atom. The number of carbonyl (C=O) groups is 1. The summed E-state index contributed by atoms with van der Waals surface area (Å²) in [5, 5.41) is 5.26. The number of rotatable bonds is 5. The maximum Gasteiger partial charge on any atom is 0.325 e. The van der Waals surface area contributed by atoms with E-state index in [1.807, 2.05) is 71.6 Å². The minimum atomic E-state index is -0.131. The molecule has 3 aromatic carbocycles. The summed E-state index contributed by atoms with van der Waals surface area (Å²) < 4.78 is 7.77. The van der Waals surface area contributed by atoms with Crippen LogP contribution in [0.3, 0.4) is 0 Å². The Morgan fingerprint density at radius 1 is 0.971 bits per heavy atom. The van der Waals surface area contributed by atoms with E-state index in [9.17, 15) is 4.79 Å². The number of oxazole rings is 1. The van der Waals surface area contributed by atoms with Gasteiger partial charge in [0.1, 0.15) is 5.69 Å². The topological polar surface area (TPSA) is 63.6 Å². The van der Waals surface area contributed by atoms with Crippen molar-refractivity contribution >= 4 is 23.4 Å². The van der Waals surface area contributed by atoms with Gasteiger partial charge in [0.25, 0.3) is 5.91 Å². The smallest absolute Gasteiger partial charge is 0.325 e. The highest BCUT2D eigenvalue weighted by atomic mass is 35.5. The van der Waals surface area contributed by atoms with Gasteiger partial charge in [-0.3, -0.25) is 4.79 Å². The predicted octanol–water partition coefficient (Wildman–Crippen LogP) is 6.21. The van der Waals surface area contributed by atoms with Crippen molar-refractivity contribution in [3.05, 3.63) is 113 Å². The predicted molar refractivity (Wildman–Crippen MR) is 134 cm³/mol. The molecule has 0 aliphatic carbocycles. The van der Waals surface area contributed by atoms with Crippen LogP contribution in [0, 0.1) is 0 Å². The van der Waals surface area contributed by atoms with Crippen molar-refractivity contribution in [1.29, 1.82) is 0 Å². The van der Waals surface area contributed by atoms with Gasteiger partial charge in [0, 0.05) is 18.5 Å². The van der Waals surface area contributed by atoms with Crippen molar-refractivity contribution in [2.45, 2.75) is 25.3 Å². The minimum absolute atomic E-state index is 0.0253. The molecule has 1 amide bonds. The Balaban J connectivity index is 1.43. The molecule has 0 N–H and O–H groups in total. The molecule has 7 heteroatoms. The van der Waals surface area contributed by atoms with E-state index >= 15 is 0 Å². The van der Waals surface area contributed by atoms with Crippen LogP contribution in [0.4, 0.5) is 0 Å². The monoisotopic (exact) mass is 482 g/mol. The van der Waals surface area contributed by atoms with Gasteiger partial charge in [0.2, 0.25) is 5.76 Å². The zero-order chi connectivity index (χ0) is 23.8. The van der Waals surface area contributed by atoms with E-state index in [0.29, 0.717) is 29.5 Å².